The predicted molar refractivity (Wildman–Crippen MR) is 75.9 cm³/mol. The van der Waals surface area contributed by atoms with Crippen molar-refractivity contribution < 1.29 is 13.2 Å². The van der Waals surface area contributed by atoms with Gasteiger partial charge in [-0.1, -0.05) is 19.8 Å². The molecule has 0 spiro atoms. The molecule has 0 bridgehead atoms. The number of carbonyl (C=O) groups excluding carboxylic acids is 1. The molecular weight excluding hydrogens is 278 g/mol. The summed E-state index contributed by atoms with van der Waals surface area (Å²) in [7, 11) is -3.77. The van der Waals surface area contributed by atoms with Crippen LogP contribution in [0.5, 0.6) is 0 Å². The summed E-state index contributed by atoms with van der Waals surface area (Å²) >= 11 is 0. The van der Waals surface area contributed by atoms with Crippen molar-refractivity contribution in [1.29, 1.82) is 0 Å². The third-order valence-electron chi connectivity index (χ3n) is 3.39. The minimum atomic E-state index is -3.77. The lowest BCUT2D eigenvalue weighted by Crippen LogP contribution is -2.26. The summed E-state index contributed by atoms with van der Waals surface area (Å²) in [4.78, 5) is 12.1. The molecule has 0 radical (unpaired) electrons. The van der Waals surface area contributed by atoms with Gasteiger partial charge >= 0.3 is 0 Å². The van der Waals surface area contributed by atoms with Gasteiger partial charge in [-0.05, 0) is 25.3 Å². The third kappa shape index (κ3) is 3.61. The maximum absolute atomic E-state index is 12.1. The molecule has 1 aliphatic carbocycles. The van der Waals surface area contributed by atoms with Crippen LogP contribution < -0.4 is 10.5 Å². The Morgan fingerprint density at radius 3 is 2.70 bits per heavy atom. The van der Waals surface area contributed by atoms with E-state index in [1.54, 1.807) is 4.57 Å². The molecule has 1 saturated carbocycles. The molecule has 1 aromatic heterocycles. The van der Waals surface area contributed by atoms with Crippen molar-refractivity contribution in [3.8, 4) is 0 Å². The van der Waals surface area contributed by atoms with Crippen LogP contribution in [0.1, 0.15) is 55.6 Å². The van der Waals surface area contributed by atoms with Crippen molar-refractivity contribution in [3.05, 3.63) is 18.0 Å². The Bertz CT molecular complexity index is 588. The van der Waals surface area contributed by atoms with E-state index in [4.69, 9.17) is 5.14 Å². The summed E-state index contributed by atoms with van der Waals surface area (Å²) in [6, 6.07) is 1.59. The van der Waals surface area contributed by atoms with Crippen molar-refractivity contribution >= 4 is 15.9 Å². The first-order valence-electron chi connectivity index (χ1n) is 6.96. The zero-order chi connectivity index (χ0) is 14.8. The van der Waals surface area contributed by atoms with E-state index in [0.29, 0.717) is 12.2 Å². The Morgan fingerprint density at radius 2 is 2.15 bits per heavy atom. The van der Waals surface area contributed by atoms with E-state index in [1.165, 1.54) is 12.3 Å². The zero-order valence-corrected chi connectivity index (χ0v) is 12.4. The van der Waals surface area contributed by atoms with Gasteiger partial charge in [-0.25, -0.2) is 13.6 Å². The van der Waals surface area contributed by atoms with Gasteiger partial charge in [-0.15, -0.1) is 0 Å². The van der Waals surface area contributed by atoms with Crippen molar-refractivity contribution in [3.63, 3.8) is 0 Å². The number of nitrogens with zero attached hydrogens (tertiary/aromatic N) is 1. The molecule has 2 rings (SSSR count). The molecule has 1 fully saturated rings. The van der Waals surface area contributed by atoms with Gasteiger partial charge in [0.2, 0.25) is 10.0 Å². The Hall–Kier alpha value is -1.34. The maximum Gasteiger partial charge on any atom is 0.267 e. The van der Waals surface area contributed by atoms with Crippen molar-refractivity contribution in [2.45, 2.75) is 50.0 Å². The van der Waals surface area contributed by atoms with Crippen LogP contribution >= 0.6 is 0 Å². The molecule has 3 N–H and O–H groups in total. The fourth-order valence-corrected chi connectivity index (χ4v) is 2.65. The van der Waals surface area contributed by atoms with Crippen molar-refractivity contribution in [1.82, 2.24) is 9.88 Å². The molecule has 0 saturated heterocycles. The van der Waals surface area contributed by atoms with Gasteiger partial charge in [-0.3, -0.25) is 4.79 Å². The molecule has 20 heavy (non-hydrogen) atoms. The van der Waals surface area contributed by atoms with Crippen LogP contribution in [0.2, 0.25) is 0 Å². The number of nitrogens with one attached hydrogen (secondary N) is 1. The highest BCUT2D eigenvalue weighted by Gasteiger charge is 2.29. The first-order chi connectivity index (χ1) is 9.43. The Morgan fingerprint density at radius 1 is 1.45 bits per heavy atom. The second kappa shape index (κ2) is 5.97. The lowest BCUT2D eigenvalue weighted by molar-refractivity contribution is 0.0943. The molecule has 1 heterocycles. The predicted octanol–water partition coefficient (Wildman–Crippen LogP) is 1.39. The van der Waals surface area contributed by atoms with Gasteiger partial charge in [0.1, 0.15) is 10.6 Å². The third-order valence-corrected chi connectivity index (χ3v) is 4.27. The number of carbonyl (C=O) groups is 1. The van der Waals surface area contributed by atoms with E-state index in [0.717, 1.165) is 32.1 Å². The minimum absolute atomic E-state index is 0.00288. The summed E-state index contributed by atoms with van der Waals surface area (Å²) in [6.07, 6.45) is 6.47. The monoisotopic (exact) mass is 299 g/mol. The van der Waals surface area contributed by atoms with E-state index in [2.05, 4.69) is 12.2 Å². The first kappa shape index (κ1) is 15.1. The number of hydrogen-bond acceptors (Lipinski definition) is 3. The number of aromatic nitrogens is 1. The van der Waals surface area contributed by atoms with Crippen LogP contribution in [0.15, 0.2) is 17.2 Å². The lowest BCUT2D eigenvalue weighted by atomic mass is 10.2. The molecule has 0 atom stereocenters. The quantitative estimate of drug-likeness (QED) is 0.745. The number of amides is 1. The molecule has 112 valence electrons. The highest BCUT2D eigenvalue weighted by atomic mass is 32.2. The lowest BCUT2D eigenvalue weighted by Gasteiger charge is -2.08. The van der Waals surface area contributed by atoms with Crippen LogP contribution in [-0.4, -0.2) is 25.4 Å². The highest BCUT2D eigenvalue weighted by molar-refractivity contribution is 7.89. The topological polar surface area (TPSA) is 94.2 Å². The van der Waals surface area contributed by atoms with E-state index in [-0.39, 0.29) is 16.8 Å². The molecule has 0 unspecified atom stereocenters. The normalized spacial score (nSPS) is 15.3. The standard InChI is InChI=1S/C13H21N3O3S/c1-2-3-4-7-15-13(17)12-8-11(20(14,18)19)9-16(12)10-5-6-10/h8-10H,2-7H2,1H3,(H,15,17)(H2,14,18,19). The number of primary sulfonamides is 1. The molecule has 7 heteroatoms. The minimum Gasteiger partial charge on any atom is -0.351 e. The van der Waals surface area contributed by atoms with E-state index < -0.39 is 10.0 Å². The number of rotatable bonds is 7. The molecule has 1 aliphatic rings. The van der Waals surface area contributed by atoms with E-state index in [1.807, 2.05) is 0 Å². The number of unbranched alkanes of at least 4 members (excludes halogenated alkanes) is 2. The summed E-state index contributed by atoms with van der Waals surface area (Å²) in [5.41, 5.74) is 0.382. The number of nitrogens with two attached hydrogens (primary N) is 1. The molecular formula is C13H21N3O3S. The Kier molecular flexibility index (Phi) is 4.49. The van der Waals surface area contributed by atoms with Gasteiger partial charge in [0, 0.05) is 18.8 Å². The van der Waals surface area contributed by atoms with Crippen LogP contribution in [0.3, 0.4) is 0 Å². The van der Waals surface area contributed by atoms with Gasteiger partial charge in [0.15, 0.2) is 0 Å². The molecule has 1 amide bonds. The average Bonchev–Trinajstić information content (AvgIpc) is 3.11. The second-order valence-corrected chi connectivity index (χ2v) is 6.77. The van der Waals surface area contributed by atoms with Crippen LogP contribution in [0.4, 0.5) is 0 Å². The summed E-state index contributed by atoms with van der Waals surface area (Å²) < 4.78 is 24.5. The van der Waals surface area contributed by atoms with E-state index >= 15 is 0 Å². The van der Waals surface area contributed by atoms with Gasteiger partial charge in [0.25, 0.3) is 5.91 Å². The average molecular weight is 299 g/mol. The first-order valence-corrected chi connectivity index (χ1v) is 8.51. The fraction of sp³-hybridized carbons (Fsp3) is 0.615. The van der Waals surface area contributed by atoms with Crippen LogP contribution in [-0.2, 0) is 10.0 Å². The largest absolute Gasteiger partial charge is 0.351 e. The molecule has 6 nitrogen and oxygen atoms in total. The number of sulfonamides is 1. The Labute approximate surface area is 119 Å². The Balaban J connectivity index is 2.13. The number of hydrogen-bond donors (Lipinski definition) is 2. The second-order valence-electron chi connectivity index (χ2n) is 5.21. The van der Waals surface area contributed by atoms with Crippen LogP contribution in [0.25, 0.3) is 0 Å². The van der Waals surface area contributed by atoms with Gasteiger partial charge < -0.3 is 9.88 Å². The van der Waals surface area contributed by atoms with Crippen LogP contribution in [0, 0.1) is 0 Å². The summed E-state index contributed by atoms with van der Waals surface area (Å²) in [5.74, 6) is -0.233. The maximum atomic E-state index is 12.1. The summed E-state index contributed by atoms with van der Waals surface area (Å²) in [6.45, 7) is 2.70. The van der Waals surface area contributed by atoms with Crippen molar-refractivity contribution in [2.75, 3.05) is 6.54 Å². The fourth-order valence-electron chi connectivity index (χ4n) is 2.11. The highest BCUT2D eigenvalue weighted by Crippen LogP contribution is 2.37. The molecule has 0 aliphatic heterocycles. The smallest absolute Gasteiger partial charge is 0.267 e. The summed E-state index contributed by atoms with van der Waals surface area (Å²) in [5, 5.41) is 7.95. The van der Waals surface area contributed by atoms with Crippen molar-refractivity contribution in [2.24, 2.45) is 5.14 Å². The SMILES string of the molecule is CCCCCNC(=O)c1cc(S(N)(=O)=O)cn1C1CC1. The van der Waals surface area contributed by atoms with Gasteiger partial charge in [0.05, 0.1) is 0 Å². The van der Waals surface area contributed by atoms with E-state index in [9.17, 15) is 13.2 Å². The van der Waals surface area contributed by atoms with Gasteiger partial charge in [-0.2, -0.15) is 0 Å². The molecule has 1 aromatic rings. The molecule has 0 aromatic carbocycles. The zero-order valence-electron chi connectivity index (χ0n) is 11.6.